The third-order valence-corrected chi connectivity index (χ3v) is 4.61. The van der Waals surface area contributed by atoms with Crippen LogP contribution in [0.2, 0.25) is 0 Å². The van der Waals surface area contributed by atoms with E-state index in [1.165, 1.54) is 13.2 Å². The maximum atomic E-state index is 12.6. The third kappa shape index (κ3) is 4.58. The fourth-order valence-corrected chi connectivity index (χ4v) is 3.00. The Labute approximate surface area is 178 Å². The van der Waals surface area contributed by atoms with Crippen molar-refractivity contribution in [1.82, 2.24) is 5.16 Å². The molecule has 8 heteroatoms. The topological polar surface area (TPSA) is 97.1 Å². The van der Waals surface area contributed by atoms with Crippen molar-refractivity contribution in [3.05, 3.63) is 71.2 Å². The number of ether oxygens (including phenoxy) is 4. The minimum atomic E-state index is -0.450. The molecule has 8 nitrogen and oxygen atoms in total. The SMILES string of the molecule is COc1ccc(/C=C2\Oc3cc(OC(=O)CCc4cc(OC)no4)ccc3C2=O)cc1. The Morgan fingerprint density at radius 3 is 2.52 bits per heavy atom. The predicted octanol–water partition coefficient (Wildman–Crippen LogP) is 3.85. The molecule has 1 aliphatic heterocycles. The van der Waals surface area contributed by atoms with Crippen LogP contribution in [-0.4, -0.2) is 31.1 Å². The van der Waals surface area contributed by atoms with Crippen molar-refractivity contribution in [2.45, 2.75) is 12.8 Å². The van der Waals surface area contributed by atoms with Crippen LogP contribution in [-0.2, 0) is 11.2 Å². The van der Waals surface area contributed by atoms with Crippen molar-refractivity contribution < 1.29 is 33.1 Å². The molecule has 31 heavy (non-hydrogen) atoms. The van der Waals surface area contributed by atoms with Gasteiger partial charge in [0.1, 0.15) is 23.0 Å². The van der Waals surface area contributed by atoms with Crippen molar-refractivity contribution in [2.75, 3.05) is 14.2 Å². The number of aryl methyl sites for hydroxylation is 1. The zero-order valence-electron chi connectivity index (χ0n) is 16.9. The highest BCUT2D eigenvalue weighted by atomic mass is 16.5. The number of carbonyl (C=O) groups is 2. The van der Waals surface area contributed by atoms with E-state index >= 15 is 0 Å². The summed E-state index contributed by atoms with van der Waals surface area (Å²) in [7, 11) is 3.07. The standard InChI is InChI=1S/C23H19NO7/c1-27-15-5-3-14(4-6-15)11-20-23(26)18-9-7-16(12-19(18)30-20)29-22(25)10-8-17-13-21(28-2)24-31-17/h3-7,9,11-13H,8,10H2,1-2H3/b20-11-. The summed E-state index contributed by atoms with van der Waals surface area (Å²) in [6.07, 6.45) is 2.07. The lowest BCUT2D eigenvalue weighted by Gasteiger charge is -2.05. The molecule has 3 aromatic rings. The predicted molar refractivity (Wildman–Crippen MR) is 109 cm³/mol. The molecule has 0 amide bonds. The molecule has 0 unspecified atom stereocenters. The number of fused-ring (bicyclic) bond motifs is 1. The molecule has 0 spiro atoms. The Balaban J connectivity index is 1.40. The summed E-state index contributed by atoms with van der Waals surface area (Å²) in [5, 5.41) is 3.68. The van der Waals surface area contributed by atoms with Crippen LogP contribution in [0.3, 0.4) is 0 Å². The third-order valence-electron chi connectivity index (χ3n) is 4.61. The first kappa shape index (κ1) is 20.2. The Kier molecular flexibility index (Phi) is 5.70. The monoisotopic (exact) mass is 421 g/mol. The number of methoxy groups -OCH3 is 2. The van der Waals surface area contributed by atoms with Gasteiger partial charge >= 0.3 is 5.97 Å². The van der Waals surface area contributed by atoms with Crippen LogP contribution in [0.15, 0.2) is 58.8 Å². The zero-order valence-corrected chi connectivity index (χ0v) is 16.9. The summed E-state index contributed by atoms with van der Waals surface area (Å²) in [6, 6.07) is 13.5. The van der Waals surface area contributed by atoms with Crippen LogP contribution >= 0.6 is 0 Å². The molecular formula is C23H19NO7. The maximum Gasteiger partial charge on any atom is 0.311 e. The van der Waals surface area contributed by atoms with E-state index in [1.807, 2.05) is 12.1 Å². The van der Waals surface area contributed by atoms with Crippen LogP contribution < -0.4 is 18.9 Å². The number of nitrogens with zero attached hydrogens (tertiary/aromatic N) is 1. The Morgan fingerprint density at radius 1 is 1.03 bits per heavy atom. The van der Waals surface area contributed by atoms with Gasteiger partial charge in [-0.05, 0) is 41.1 Å². The van der Waals surface area contributed by atoms with Crippen molar-refractivity contribution >= 4 is 17.8 Å². The van der Waals surface area contributed by atoms with Gasteiger partial charge in [-0.1, -0.05) is 12.1 Å². The van der Waals surface area contributed by atoms with Crippen molar-refractivity contribution in [3.63, 3.8) is 0 Å². The summed E-state index contributed by atoms with van der Waals surface area (Å²) < 4.78 is 26.2. The number of aromatic nitrogens is 1. The highest BCUT2D eigenvalue weighted by molar-refractivity contribution is 6.14. The molecule has 0 N–H and O–H groups in total. The molecule has 1 aromatic heterocycles. The van der Waals surface area contributed by atoms with Gasteiger partial charge in [0, 0.05) is 18.6 Å². The fraction of sp³-hybridized carbons (Fsp3) is 0.174. The summed E-state index contributed by atoms with van der Waals surface area (Å²) in [6.45, 7) is 0. The number of esters is 1. The Hall–Kier alpha value is -4.07. The molecular weight excluding hydrogens is 402 g/mol. The molecule has 4 rings (SSSR count). The summed E-state index contributed by atoms with van der Waals surface area (Å²) in [5.41, 5.74) is 1.21. The van der Waals surface area contributed by atoms with Gasteiger partial charge in [0.05, 0.1) is 26.2 Å². The van der Waals surface area contributed by atoms with Gasteiger partial charge in [-0.15, -0.1) is 0 Å². The van der Waals surface area contributed by atoms with Crippen LogP contribution in [0.5, 0.6) is 23.1 Å². The molecule has 2 aromatic carbocycles. The van der Waals surface area contributed by atoms with E-state index in [9.17, 15) is 9.59 Å². The highest BCUT2D eigenvalue weighted by Crippen LogP contribution is 2.35. The average Bonchev–Trinajstić information content (AvgIpc) is 3.37. The molecule has 0 saturated heterocycles. The number of hydrogen-bond acceptors (Lipinski definition) is 8. The molecule has 0 bridgehead atoms. The molecule has 1 aliphatic rings. The average molecular weight is 421 g/mol. The van der Waals surface area contributed by atoms with E-state index in [0.29, 0.717) is 29.4 Å². The number of allylic oxidation sites excluding steroid dienone is 1. The van der Waals surface area contributed by atoms with E-state index in [0.717, 1.165) is 11.3 Å². The number of benzene rings is 2. The molecule has 2 heterocycles. The van der Waals surface area contributed by atoms with E-state index in [1.54, 1.807) is 43.5 Å². The first-order valence-corrected chi connectivity index (χ1v) is 9.48. The van der Waals surface area contributed by atoms with Gasteiger partial charge in [-0.3, -0.25) is 9.59 Å². The van der Waals surface area contributed by atoms with Gasteiger partial charge in [0.2, 0.25) is 5.78 Å². The second kappa shape index (κ2) is 8.74. The first-order chi connectivity index (χ1) is 15.1. The summed E-state index contributed by atoms with van der Waals surface area (Å²) in [4.78, 5) is 24.7. The largest absolute Gasteiger partial charge is 0.497 e. The first-order valence-electron chi connectivity index (χ1n) is 9.48. The Bertz CT molecular complexity index is 1140. The van der Waals surface area contributed by atoms with E-state index in [4.69, 9.17) is 23.5 Å². The summed E-state index contributed by atoms with van der Waals surface area (Å²) in [5.74, 6) is 1.73. The summed E-state index contributed by atoms with van der Waals surface area (Å²) >= 11 is 0. The number of rotatable bonds is 7. The number of carbonyl (C=O) groups excluding carboxylic acids is 2. The smallest absolute Gasteiger partial charge is 0.311 e. The minimum absolute atomic E-state index is 0.0951. The highest BCUT2D eigenvalue weighted by Gasteiger charge is 2.28. The van der Waals surface area contributed by atoms with Crippen LogP contribution in [0, 0.1) is 0 Å². The molecule has 158 valence electrons. The number of Topliss-reactive ketones (excluding diaryl/α,β-unsaturated/α-hetero) is 1. The second-order valence-electron chi connectivity index (χ2n) is 6.68. The second-order valence-corrected chi connectivity index (χ2v) is 6.68. The lowest BCUT2D eigenvalue weighted by atomic mass is 10.1. The molecule has 0 radical (unpaired) electrons. The number of hydrogen-bond donors (Lipinski definition) is 0. The van der Waals surface area contributed by atoms with Gasteiger partial charge in [-0.2, -0.15) is 0 Å². The maximum absolute atomic E-state index is 12.6. The van der Waals surface area contributed by atoms with E-state index < -0.39 is 5.97 Å². The lowest BCUT2D eigenvalue weighted by Crippen LogP contribution is -2.08. The normalized spacial score (nSPS) is 13.6. The van der Waals surface area contributed by atoms with Gasteiger partial charge in [-0.25, -0.2) is 0 Å². The van der Waals surface area contributed by atoms with Gasteiger partial charge < -0.3 is 23.5 Å². The molecule has 0 atom stereocenters. The van der Waals surface area contributed by atoms with Gasteiger partial charge in [0.25, 0.3) is 5.88 Å². The van der Waals surface area contributed by atoms with Gasteiger partial charge in [0.15, 0.2) is 5.76 Å². The van der Waals surface area contributed by atoms with Crippen molar-refractivity contribution in [1.29, 1.82) is 0 Å². The van der Waals surface area contributed by atoms with Crippen LogP contribution in [0.4, 0.5) is 0 Å². The zero-order chi connectivity index (χ0) is 21.8. The molecule has 0 aliphatic carbocycles. The minimum Gasteiger partial charge on any atom is -0.497 e. The van der Waals surface area contributed by atoms with Crippen LogP contribution in [0.25, 0.3) is 6.08 Å². The quantitative estimate of drug-likeness (QED) is 0.322. The van der Waals surface area contributed by atoms with E-state index in [2.05, 4.69) is 5.16 Å². The fourth-order valence-electron chi connectivity index (χ4n) is 3.00. The number of ketones is 1. The lowest BCUT2D eigenvalue weighted by molar-refractivity contribution is -0.134. The van der Waals surface area contributed by atoms with Crippen molar-refractivity contribution in [3.8, 4) is 23.1 Å². The van der Waals surface area contributed by atoms with Crippen molar-refractivity contribution in [2.24, 2.45) is 0 Å². The van der Waals surface area contributed by atoms with Crippen LogP contribution in [0.1, 0.15) is 28.1 Å². The molecule has 0 fully saturated rings. The van der Waals surface area contributed by atoms with E-state index in [-0.39, 0.29) is 23.7 Å². The Morgan fingerprint density at radius 2 is 1.81 bits per heavy atom. The molecule has 0 saturated carbocycles.